The van der Waals surface area contributed by atoms with Crippen LogP contribution in [-0.4, -0.2) is 38.5 Å². The van der Waals surface area contributed by atoms with Gasteiger partial charge in [0.15, 0.2) is 5.65 Å². The van der Waals surface area contributed by atoms with Gasteiger partial charge in [0, 0.05) is 41.3 Å². The monoisotopic (exact) mass is 464 g/mol. The molecule has 1 aliphatic rings. The Morgan fingerprint density at radius 1 is 1.12 bits per heavy atom. The van der Waals surface area contributed by atoms with E-state index in [2.05, 4.69) is 16.6 Å². The van der Waals surface area contributed by atoms with Gasteiger partial charge < -0.3 is 9.30 Å². The lowest BCUT2D eigenvalue weighted by Crippen LogP contribution is -2.27. The molecule has 6 nitrogen and oxygen atoms in total. The standard InChI is InChI=1S/C25H27FN4O2.C2H6/c1-15-21-20(13-17-14-27-30(23(17)28-21)24(31)25(2,3)4)29(19-7-5-18(26)6-8-19)22(15)16-9-11-32-12-10-16;1-2/h5-8,13-14,16H,9-12H2,1-4H3;1-2H3. The fourth-order valence-corrected chi connectivity index (χ4v) is 4.61. The van der Waals surface area contributed by atoms with Crippen LogP contribution >= 0.6 is 0 Å². The van der Waals surface area contributed by atoms with Crippen LogP contribution in [0.2, 0.25) is 0 Å². The Morgan fingerprint density at radius 2 is 1.76 bits per heavy atom. The summed E-state index contributed by atoms with van der Waals surface area (Å²) in [4.78, 5) is 17.9. The van der Waals surface area contributed by atoms with Gasteiger partial charge in [-0.25, -0.2) is 9.37 Å². The minimum Gasteiger partial charge on any atom is -0.381 e. The van der Waals surface area contributed by atoms with E-state index < -0.39 is 5.41 Å². The number of carbonyl (C=O) groups excluding carboxylic acids is 1. The van der Waals surface area contributed by atoms with Gasteiger partial charge in [-0.15, -0.1) is 0 Å². The summed E-state index contributed by atoms with van der Waals surface area (Å²) in [5, 5.41) is 5.15. The normalized spacial score (nSPS) is 14.9. The SMILES string of the molecule is CC.Cc1c(C2CCOCC2)n(-c2ccc(F)cc2)c2cc3cnn(C(=O)C(C)(C)C)c3nc12. The summed E-state index contributed by atoms with van der Waals surface area (Å²) < 4.78 is 22.9. The number of rotatable bonds is 2. The average molecular weight is 465 g/mol. The fraction of sp³-hybridized carbons (Fsp3) is 0.444. The van der Waals surface area contributed by atoms with Crippen molar-refractivity contribution < 1.29 is 13.9 Å². The van der Waals surface area contributed by atoms with Gasteiger partial charge >= 0.3 is 0 Å². The molecule has 7 heteroatoms. The summed E-state index contributed by atoms with van der Waals surface area (Å²) in [6.45, 7) is 13.2. The quantitative estimate of drug-likeness (QED) is 0.343. The van der Waals surface area contributed by atoms with Crippen LogP contribution in [-0.2, 0) is 4.74 Å². The third-order valence-corrected chi connectivity index (χ3v) is 6.27. The van der Waals surface area contributed by atoms with Gasteiger partial charge in [0.2, 0.25) is 0 Å². The van der Waals surface area contributed by atoms with E-state index in [1.54, 1.807) is 18.3 Å². The van der Waals surface area contributed by atoms with E-state index in [1.165, 1.54) is 22.5 Å². The molecule has 0 saturated carbocycles. The van der Waals surface area contributed by atoms with E-state index in [0.717, 1.165) is 53.7 Å². The molecule has 0 N–H and O–H groups in total. The number of carbonyl (C=O) groups is 1. The zero-order valence-corrected chi connectivity index (χ0v) is 20.9. The van der Waals surface area contributed by atoms with E-state index in [0.29, 0.717) is 11.6 Å². The number of halogens is 1. The maximum absolute atomic E-state index is 13.7. The molecule has 0 radical (unpaired) electrons. The number of aromatic nitrogens is 4. The summed E-state index contributed by atoms with van der Waals surface area (Å²) in [6, 6.07) is 8.60. The molecule has 1 saturated heterocycles. The molecule has 5 rings (SSSR count). The highest BCUT2D eigenvalue weighted by Gasteiger charge is 2.29. The Balaban J connectivity index is 0.00000133. The number of nitrogens with zero attached hydrogens (tertiary/aromatic N) is 4. The lowest BCUT2D eigenvalue weighted by molar-refractivity contribution is 0.0754. The van der Waals surface area contributed by atoms with Crippen molar-refractivity contribution in [2.24, 2.45) is 5.41 Å². The van der Waals surface area contributed by atoms with Crippen molar-refractivity contribution in [3.05, 3.63) is 53.6 Å². The first-order valence-electron chi connectivity index (χ1n) is 12.0. The van der Waals surface area contributed by atoms with Crippen LogP contribution in [0.4, 0.5) is 4.39 Å². The molecule has 0 bridgehead atoms. The zero-order valence-electron chi connectivity index (χ0n) is 20.9. The average Bonchev–Trinajstić information content (AvgIpc) is 3.37. The maximum atomic E-state index is 13.7. The number of aryl methyl sites for hydroxylation is 1. The second-order valence-electron chi connectivity index (χ2n) is 9.59. The summed E-state index contributed by atoms with van der Waals surface area (Å²) in [7, 11) is 0. The minimum absolute atomic E-state index is 0.0976. The molecule has 0 atom stereocenters. The second-order valence-corrected chi connectivity index (χ2v) is 9.59. The molecule has 1 aromatic carbocycles. The van der Waals surface area contributed by atoms with Crippen molar-refractivity contribution in [2.75, 3.05) is 13.2 Å². The van der Waals surface area contributed by atoms with E-state index in [1.807, 2.05) is 40.7 Å². The molecule has 0 amide bonds. The molecule has 1 fully saturated rings. The van der Waals surface area contributed by atoms with Crippen molar-refractivity contribution in [3.63, 3.8) is 0 Å². The van der Waals surface area contributed by atoms with Crippen LogP contribution < -0.4 is 0 Å². The molecule has 0 aliphatic carbocycles. The van der Waals surface area contributed by atoms with Crippen molar-refractivity contribution in [3.8, 4) is 5.69 Å². The largest absolute Gasteiger partial charge is 0.381 e. The highest BCUT2D eigenvalue weighted by molar-refractivity contribution is 5.97. The molecule has 4 aromatic rings. The van der Waals surface area contributed by atoms with Gasteiger partial charge in [-0.1, -0.05) is 34.6 Å². The van der Waals surface area contributed by atoms with E-state index in [4.69, 9.17) is 9.72 Å². The van der Waals surface area contributed by atoms with Crippen molar-refractivity contribution in [1.82, 2.24) is 19.3 Å². The molecule has 4 heterocycles. The number of benzene rings is 1. The summed E-state index contributed by atoms with van der Waals surface area (Å²) in [5.74, 6) is -0.0459. The van der Waals surface area contributed by atoms with Crippen LogP contribution in [0.25, 0.3) is 27.8 Å². The van der Waals surface area contributed by atoms with Gasteiger partial charge in [0.25, 0.3) is 5.91 Å². The lowest BCUT2D eigenvalue weighted by atomic mass is 9.93. The third-order valence-electron chi connectivity index (χ3n) is 6.27. The summed E-state index contributed by atoms with van der Waals surface area (Å²) in [6.07, 6.45) is 3.54. The Hall–Kier alpha value is -3.06. The van der Waals surface area contributed by atoms with Crippen molar-refractivity contribution >= 4 is 28.0 Å². The zero-order chi connectivity index (χ0) is 24.6. The summed E-state index contributed by atoms with van der Waals surface area (Å²) >= 11 is 0. The van der Waals surface area contributed by atoms with Gasteiger partial charge in [0.05, 0.1) is 17.2 Å². The topological polar surface area (TPSA) is 61.9 Å². The van der Waals surface area contributed by atoms with E-state index in [-0.39, 0.29) is 11.7 Å². The van der Waals surface area contributed by atoms with Crippen LogP contribution in [0.5, 0.6) is 0 Å². The van der Waals surface area contributed by atoms with Crippen LogP contribution in [0.3, 0.4) is 0 Å². The van der Waals surface area contributed by atoms with E-state index in [9.17, 15) is 9.18 Å². The predicted molar refractivity (Wildman–Crippen MR) is 133 cm³/mol. The summed E-state index contributed by atoms with van der Waals surface area (Å²) in [5.41, 5.74) is 4.92. The molecular formula is C27H33FN4O2. The van der Waals surface area contributed by atoms with Gasteiger partial charge in [-0.2, -0.15) is 9.78 Å². The van der Waals surface area contributed by atoms with E-state index >= 15 is 0 Å². The number of fused-ring (bicyclic) bond motifs is 2. The molecule has 3 aromatic heterocycles. The van der Waals surface area contributed by atoms with Gasteiger partial charge in [-0.3, -0.25) is 4.79 Å². The molecule has 1 aliphatic heterocycles. The predicted octanol–water partition coefficient (Wildman–Crippen LogP) is 6.43. The molecule has 0 spiro atoms. The number of hydrogen-bond donors (Lipinski definition) is 0. The first-order valence-corrected chi connectivity index (χ1v) is 12.0. The van der Waals surface area contributed by atoms with Crippen LogP contribution in [0.15, 0.2) is 36.5 Å². The van der Waals surface area contributed by atoms with Gasteiger partial charge in [0.1, 0.15) is 5.82 Å². The minimum atomic E-state index is -0.571. The molecule has 180 valence electrons. The third kappa shape index (κ3) is 4.13. The molecular weight excluding hydrogens is 431 g/mol. The highest BCUT2D eigenvalue weighted by atomic mass is 19.1. The van der Waals surface area contributed by atoms with Crippen molar-refractivity contribution in [1.29, 1.82) is 0 Å². The van der Waals surface area contributed by atoms with Gasteiger partial charge in [-0.05, 0) is 55.7 Å². The molecule has 0 unspecified atom stereocenters. The number of pyridine rings is 1. The molecule has 34 heavy (non-hydrogen) atoms. The van der Waals surface area contributed by atoms with Crippen LogP contribution in [0.1, 0.15) is 69.4 Å². The van der Waals surface area contributed by atoms with Crippen LogP contribution in [0, 0.1) is 18.2 Å². The van der Waals surface area contributed by atoms with Crippen molar-refractivity contribution in [2.45, 2.75) is 60.3 Å². The lowest BCUT2D eigenvalue weighted by Gasteiger charge is -2.25. The number of hydrogen-bond acceptors (Lipinski definition) is 4. The first kappa shape index (κ1) is 24.1. The second kappa shape index (κ2) is 9.29. The Morgan fingerprint density at radius 3 is 2.38 bits per heavy atom. The Kier molecular flexibility index (Phi) is 6.58. The maximum Gasteiger partial charge on any atom is 0.254 e. The Labute approximate surface area is 199 Å². The Bertz CT molecular complexity index is 1320. The number of ether oxygens (including phenoxy) is 1. The fourth-order valence-electron chi connectivity index (χ4n) is 4.61. The first-order chi connectivity index (χ1) is 16.3. The highest BCUT2D eigenvalue weighted by Crippen LogP contribution is 2.38. The smallest absolute Gasteiger partial charge is 0.254 e.